The quantitative estimate of drug-likeness (QED) is 0.337. The van der Waals surface area contributed by atoms with Crippen LogP contribution in [-0.4, -0.2) is 44.7 Å². The minimum atomic E-state index is -0.403. The smallest absolute Gasteiger partial charge is 0.316 e. The predicted molar refractivity (Wildman–Crippen MR) is 105 cm³/mol. The summed E-state index contributed by atoms with van der Waals surface area (Å²) < 4.78 is 12.3. The molecule has 0 atom stereocenters. The number of ether oxygens (including phenoxy) is 2. The molecule has 0 saturated carbocycles. The number of thioether (sulfide) groups is 1. The first-order chi connectivity index (χ1) is 13.5. The molecule has 0 radical (unpaired) electrons. The van der Waals surface area contributed by atoms with E-state index in [9.17, 15) is 9.59 Å². The summed E-state index contributed by atoms with van der Waals surface area (Å²) in [5.74, 6) is -0.429. The molecule has 0 bridgehead atoms. The van der Waals surface area contributed by atoms with Crippen LogP contribution >= 0.6 is 23.1 Å². The van der Waals surface area contributed by atoms with E-state index >= 15 is 0 Å². The average Bonchev–Trinajstić information content (AvgIpc) is 3.31. The van der Waals surface area contributed by atoms with E-state index in [2.05, 4.69) is 20.6 Å². The van der Waals surface area contributed by atoms with Crippen LogP contribution in [0.15, 0.2) is 40.9 Å². The summed E-state index contributed by atoms with van der Waals surface area (Å²) in [6.07, 6.45) is 1.55. The topological polar surface area (TPSA) is 108 Å². The predicted octanol–water partition coefficient (Wildman–Crippen LogP) is 2.37. The Balaban J connectivity index is 1.48. The second-order valence-electron chi connectivity index (χ2n) is 5.49. The Hall–Kier alpha value is -2.92. The molecule has 0 aliphatic heterocycles. The maximum absolute atomic E-state index is 12.3. The molecule has 0 spiro atoms. The third kappa shape index (κ3) is 5.30. The summed E-state index contributed by atoms with van der Waals surface area (Å²) >= 11 is 2.36. The Morgan fingerprint density at radius 2 is 2.04 bits per heavy atom. The number of aryl methyl sites for hydroxylation is 1. The van der Waals surface area contributed by atoms with Crippen LogP contribution in [0.2, 0.25) is 0 Å². The van der Waals surface area contributed by atoms with E-state index in [0.29, 0.717) is 15.0 Å². The van der Waals surface area contributed by atoms with Crippen LogP contribution in [0.1, 0.15) is 15.9 Å². The van der Waals surface area contributed by atoms with Gasteiger partial charge >= 0.3 is 5.97 Å². The molecule has 0 saturated heterocycles. The fraction of sp³-hybridized carbons (Fsp3) is 0.235. The highest BCUT2D eigenvalue weighted by Gasteiger charge is 2.18. The highest BCUT2D eigenvalue weighted by Crippen LogP contribution is 2.26. The SMILES string of the molecule is COc1nn(C)cc1C(=O)Nc1nnc(SCC(=O)OCc2ccccc2)s1. The van der Waals surface area contributed by atoms with Crippen molar-refractivity contribution in [2.45, 2.75) is 10.9 Å². The second-order valence-corrected chi connectivity index (χ2v) is 7.69. The number of hydrogen-bond donors (Lipinski definition) is 1. The number of benzene rings is 1. The second kappa shape index (κ2) is 9.33. The van der Waals surface area contributed by atoms with Gasteiger partial charge in [-0.3, -0.25) is 19.6 Å². The lowest BCUT2D eigenvalue weighted by atomic mass is 10.2. The monoisotopic (exact) mass is 419 g/mol. The highest BCUT2D eigenvalue weighted by atomic mass is 32.2. The third-order valence-corrected chi connectivity index (χ3v) is 5.36. The first kappa shape index (κ1) is 19.8. The Bertz CT molecular complexity index is 958. The summed E-state index contributed by atoms with van der Waals surface area (Å²) in [7, 11) is 3.13. The van der Waals surface area contributed by atoms with Gasteiger partial charge < -0.3 is 9.47 Å². The molecule has 0 aliphatic carbocycles. The third-order valence-electron chi connectivity index (χ3n) is 3.42. The van der Waals surface area contributed by atoms with Gasteiger partial charge in [0.05, 0.1) is 12.9 Å². The molecule has 0 unspecified atom stereocenters. The highest BCUT2D eigenvalue weighted by molar-refractivity contribution is 8.01. The number of anilines is 1. The molecular formula is C17H17N5O4S2. The summed E-state index contributed by atoms with van der Waals surface area (Å²) in [5, 5.41) is 14.9. The molecular weight excluding hydrogens is 402 g/mol. The van der Waals surface area contributed by atoms with Crippen LogP contribution in [0, 0.1) is 0 Å². The standard InChI is InChI=1S/C17H17N5O4S2/c1-22-8-12(15(21-22)25-2)14(24)18-16-19-20-17(28-16)27-10-13(23)26-9-11-6-4-3-5-7-11/h3-8H,9-10H2,1-2H3,(H,18,19,24). The Labute approximate surface area is 169 Å². The van der Waals surface area contributed by atoms with E-state index < -0.39 is 5.91 Å². The molecule has 1 amide bonds. The lowest BCUT2D eigenvalue weighted by molar-refractivity contribution is -0.141. The number of aromatic nitrogens is 4. The molecule has 9 nitrogen and oxygen atoms in total. The Kier molecular flexibility index (Phi) is 6.61. The summed E-state index contributed by atoms with van der Waals surface area (Å²) in [4.78, 5) is 24.2. The van der Waals surface area contributed by atoms with Crippen molar-refractivity contribution in [2.75, 3.05) is 18.2 Å². The van der Waals surface area contributed by atoms with Crippen molar-refractivity contribution >= 4 is 40.1 Å². The van der Waals surface area contributed by atoms with Crippen LogP contribution < -0.4 is 10.1 Å². The zero-order valence-electron chi connectivity index (χ0n) is 15.1. The molecule has 3 rings (SSSR count). The maximum Gasteiger partial charge on any atom is 0.316 e. The fourth-order valence-corrected chi connectivity index (χ4v) is 3.70. The maximum atomic E-state index is 12.3. The first-order valence-electron chi connectivity index (χ1n) is 8.10. The molecule has 1 N–H and O–H groups in total. The molecule has 0 fully saturated rings. The van der Waals surface area contributed by atoms with Gasteiger partial charge in [0.2, 0.25) is 11.0 Å². The summed E-state index contributed by atoms with van der Waals surface area (Å²) in [6.45, 7) is 0.227. The normalized spacial score (nSPS) is 10.5. The number of hydrogen-bond acceptors (Lipinski definition) is 9. The van der Waals surface area contributed by atoms with Gasteiger partial charge in [-0.2, -0.15) is 0 Å². The Morgan fingerprint density at radius 3 is 2.79 bits per heavy atom. The van der Waals surface area contributed by atoms with Crippen molar-refractivity contribution in [3.8, 4) is 5.88 Å². The van der Waals surface area contributed by atoms with Crippen molar-refractivity contribution in [3.63, 3.8) is 0 Å². The van der Waals surface area contributed by atoms with E-state index in [-0.39, 0.29) is 24.2 Å². The largest absolute Gasteiger partial charge is 0.479 e. The molecule has 2 aromatic heterocycles. The first-order valence-corrected chi connectivity index (χ1v) is 9.90. The molecule has 11 heteroatoms. The van der Waals surface area contributed by atoms with Crippen molar-refractivity contribution in [1.29, 1.82) is 0 Å². The average molecular weight is 419 g/mol. The van der Waals surface area contributed by atoms with Crippen molar-refractivity contribution < 1.29 is 19.1 Å². The fourth-order valence-electron chi connectivity index (χ4n) is 2.16. The van der Waals surface area contributed by atoms with E-state index in [1.165, 1.54) is 34.9 Å². The lowest BCUT2D eigenvalue weighted by Gasteiger charge is -2.03. The zero-order valence-corrected chi connectivity index (χ0v) is 16.7. The lowest BCUT2D eigenvalue weighted by Crippen LogP contribution is -2.12. The molecule has 146 valence electrons. The van der Waals surface area contributed by atoms with Gasteiger partial charge in [0, 0.05) is 13.2 Å². The van der Waals surface area contributed by atoms with E-state index in [1.54, 1.807) is 13.2 Å². The van der Waals surface area contributed by atoms with Gasteiger partial charge in [-0.25, -0.2) is 0 Å². The molecule has 0 aliphatic rings. The molecule has 3 aromatic rings. The molecule has 2 heterocycles. The molecule has 1 aromatic carbocycles. The van der Waals surface area contributed by atoms with Crippen molar-refractivity contribution in [3.05, 3.63) is 47.7 Å². The number of nitrogens with one attached hydrogen (secondary N) is 1. The van der Waals surface area contributed by atoms with Gasteiger partial charge in [0.25, 0.3) is 5.91 Å². The van der Waals surface area contributed by atoms with Crippen LogP contribution in [-0.2, 0) is 23.2 Å². The van der Waals surface area contributed by atoms with E-state index in [0.717, 1.165) is 5.56 Å². The molecule has 28 heavy (non-hydrogen) atoms. The van der Waals surface area contributed by atoms with E-state index in [1.807, 2.05) is 30.3 Å². The van der Waals surface area contributed by atoms with Crippen LogP contribution in [0.4, 0.5) is 5.13 Å². The minimum Gasteiger partial charge on any atom is -0.479 e. The van der Waals surface area contributed by atoms with Crippen molar-refractivity contribution in [2.24, 2.45) is 7.05 Å². The number of carbonyl (C=O) groups is 2. The summed E-state index contributed by atoms with van der Waals surface area (Å²) in [6, 6.07) is 9.44. The zero-order chi connectivity index (χ0) is 19.9. The number of rotatable bonds is 8. The minimum absolute atomic E-state index is 0.103. The number of nitrogens with zero attached hydrogens (tertiary/aromatic N) is 4. The van der Waals surface area contributed by atoms with Gasteiger partial charge in [0.1, 0.15) is 12.2 Å². The number of amides is 1. The van der Waals surface area contributed by atoms with Gasteiger partial charge in [0.15, 0.2) is 4.34 Å². The van der Waals surface area contributed by atoms with Gasteiger partial charge in [-0.1, -0.05) is 53.4 Å². The van der Waals surface area contributed by atoms with Crippen molar-refractivity contribution in [1.82, 2.24) is 20.0 Å². The van der Waals surface area contributed by atoms with Crippen LogP contribution in [0.3, 0.4) is 0 Å². The number of methoxy groups -OCH3 is 1. The Morgan fingerprint density at radius 1 is 1.25 bits per heavy atom. The van der Waals surface area contributed by atoms with Crippen LogP contribution in [0.5, 0.6) is 5.88 Å². The van der Waals surface area contributed by atoms with E-state index in [4.69, 9.17) is 9.47 Å². The van der Waals surface area contributed by atoms with Gasteiger partial charge in [-0.05, 0) is 5.56 Å². The van der Waals surface area contributed by atoms with Crippen LogP contribution in [0.25, 0.3) is 0 Å². The number of carbonyl (C=O) groups excluding carboxylic acids is 2. The number of esters is 1. The van der Waals surface area contributed by atoms with Gasteiger partial charge in [-0.15, -0.1) is 15.3 Å². The summed E-state index contributed by atoms with van der Waals surface area (Å²) in [5.41, 5.74) is 1.21.